The summed E-state index contributed by atoms with van der Waals surface area (Å²) in [5, 5.41) is 17.3. The lowest BCUT2D eigenvalue weighted by atomic mass is 10.1. The molecule has 1 N–H and O–H groups in total. The van der Waals surface area contributed by atoms with E-state index in [1.807, 2.05) is 38.1 Å². The van der Waals surface area contributed by atoms with E-state index < -0.39 is 5.91 Å². The number of hydrogen-bond acceptors (Lipinski definition) is 5. The minimum atomic E-state index is -0.446. The first-order valence-corrected chi connectivity index (χ1v) is 6.72. The molecule has 0 spiro atoms. The van der Waals surface area contributed by atoms with Gasteiger partial charge in [-0.3, -0.25) is 4.79 Å². The van der Waals surface area contributed by atoms with Crippen molar-refractivity contribution < 1.29 is 4.79 Å². The Morgan fingerprint density at radius 3 is 2.65 bits per heavy atom. The van der Waals surface area contributed by atoms with Gasteiger partial charge in [0.2, 0.25) is 0 Å². The molecular formula is C14H12N4OS. The summed E-state index contributed by atoms with van der Waals surface area (Å²) < 4.78 is 3.69. The number of aromatic nitrogens is 2. The third kappa shape index (κ3) is 3.08. The van der Waals surface area contributed by atoms with E-state index in [1.165, 1.54) is 17.6 Å². The van der Waals surface area contributed by atoms with Crippen molar-refractivity contribution in [1.29, 1.82) is 5.26 Å². The van der Waals surface area contributed by atoms with E-state index in [4.69, 9.17) is 5.26 Å². The Morgan fingerprint density at radius 2 is 2.10 bits per heavy atom. The van der Waals surface area contributed by atoms with Crippen LogP contribution in [0.1, 0.15) is 16.8 Å². The average molecular weight is 284 g/mol. The van der Waals surface area contributed by atoms with Crippen LogP contribution in [0, 0.1) is 25.2 Å². The highest BCUT2D eigenvalue weighted by Crippen LogP contribution is 2.20. The van der Waals surface area contributed by atoms with Crippen LogP contribution in [0.5, 0.6) is 0 Å². The minimum absolute atomic E-state index is 0.000327. The van der Waals surface area contributed by atoms with Crippen molar-refractivity contribution in [3.8, 4) is 6.07 Å². The quantitative estimate of drug-likeness (QED) is 0.694. The van der Waals surface area contributed by atoms with E-state index in [2.05, 4.69) is 14.9 Å². The maximum absolute atomic E-state index is 12.1. The molecule has 1 heterocycles. The number of benzene rings is 1. The molecule has 1 aromatic heterocycles. The SMILES string of the molecule is Cc1cccc(C)c1NC(=O)/C(C#N)=C/c1csnn1. The molecule has 6 heteroatoms. The monoisotopic (exact) mass is 284 g/mol. The average Bonchev–Trinajstić information content (AvgIpc) is 2.93. The van der Waals surface area contributed by atoms with Crippen molar-refractivity contribution in [2.24, 2.45) is 0 Å². The van der Waals surface area contributed by atoms with Gasteiger partial charge in [-0.2, -0.15) is 5.26 Å². The Bertz CT molecular complexity index is 678. The van der Waals surface area contributed by atoms with Crippen LogP contribution in [0.15, 0.2) is 29.2 Å². The van der Waals surface area contributed by atoms with Crippen molar-refractivity contribution in [1.82, 2.24) is 9.59 Å². The summed E-state index contributed by atoms with van der Waals surface area (Å²) in [4.78, 5) is 12.1. The summed E-state index contributed by atoms with van der Waals surface area (Å²) in [6, 6.07) is 7.62. The second-order valence-corrected chi connectivity index (χ2v) is 4.83. The van der Waals surface area contributed by atoms with Crippen LogP contribution in [0.4, 0.5) is 5.69 Å². The number of carbonyl (C=O) groups excluding carboxylic acids is 1. The van der Waals surface area contributed by atoms with Gasteiger partial charge in [0.15, 0.2) is 0 Å². The summed E-state index contributed by atoms with van der Waals surface area (Å²) >= 11 is 1.17. The number of anilines is 1. The molecule has 0 fully saturated rings. The molecule has 0 bridgehead atoms. The van der Waals surface area contributed by atoms with Gasteiger partial charge in [-0.05, 0) is 42.6 Å². The maximum atomic E-state index is 12.1. The number of para-hydroxylation sites is 1. The zero-order valence-corrected chi connectivity index (χ0v) is 11.9. The summed E-state index contributed by atoms with van der Waals surface area (Å²) in [5.41, 5.74) is 3.13. The summed E-state index contributed by atoms with van der Waals surface area (Å²) in [6.07, 6.45) is 1.42. The molecule has 0 aliphatic carbocycles. The molecule has 5 nitrogen and oxygen atoms in total. The molecule has 0 atom stereocenters. The number of nitrogens with zero attached hydrogens (tertiary/aromatic N) is 3. The van der Waals surface area contributed by atoms with E-state index in [9.17, 15) is 4.79 Å². The number of amides is 1. The molecule has 0 aliphatic heterocycles. The number of hydrogen-bond donors (Lipinski definition) is 1. The molecule has 100 valence electrons. The van der Waals surface area contributed by atoms with Crippen LogP contribution in [-0.4, -0.2) is 15.5 Å². The first kappa shape index (κ1) is 13.9. The van der Waals surface area contributed by atoms with E-state index in [1.54, 1.807) is 5.38 Å². The lowest BCUT2D eigenvalue weighted by molar-refractivity contribution is -0.112. The first-order valence-electron chi connectivity index (χ1n) is 5.88. The predicted octanol–water partition coefficient (Wildman–Crippen LogP) is 2.70. The predicted molar refractivity (Wildman–Crippen MR) is 78.0 cm³/mol. The summed E-state index contributed by atoms with van der Waals surface area (Å²) in [7, 11) is 0. The fourth-order valence-corrected chi connectivity index (χ4v) is 2.14. The molecule has 2 aromatic rings. The maximum Gasteiger partial charge on any atom is 0.266 e. The molecule has 2 rings (SSSR count). The van der Waals surface area contributed by atoms with Gasteiger partial charge in [0, 0.05) is 11.1 Å². The molecule has 0 saturated heterocycles. The number of rotatable bonds is 3. The van der Waals surface area contributed by atoms with Gasteiger partial charge in [0.25, 0.3) is 5.91 Å². The van der Waals surface area contributed by atoms with Crippen LogP contribution >= 0.6 is 11.5 Å². The molecule has 0 aliphatic rings. The number of nitrogens with one attached hydrogen (secondary N) is 1. The van der Waals surface area contributed by atoms with Crippen LogP contribution in [0.3, 0.4) is 0 Å². The largest absolute Gasteiger partial charge is 0.321 e. The Hall–Kier alpha value is -2.52. The zero-order chi connectivity index (χ0) is 14.5. The van der Waals surface area contributed by atoms with Gasteiger partial charge < -0.3 is 5.32 Å². The number of aryl methyl sites for hydroxylation is 2. The summed E-state index contributed by atoms with van der Waals surface area (Å²) in [5.74, 6) is -0.446. The zero-order valence-electron chi connectivity index (χ0n) is 11.0. The van der Waals surface area contributed by atoms with Gasteiger partial charge in [0.1, 0.15) is 11.6 Å². The van der Waals surface area contributed by atoms with Gasteiger partial charge in [-0.1, -0.05) is 22.7 Å². The van der Waals surface area contributed by atoms with Crippen LogP contribution in [-0.2, 0) is 4.79 Å². The van der Waals surface area contributed by atoms with Gasteiger partial charge in [-0.15, -0.1) is 5.10 Å². The van der Waals surface area contributed by atoms with E-state index in [0.717, 1.165) is 16.8 Å². The third-order valence-electron chi connectivity index (χ3n) is 2.75. The smallest absolute Gasteiger partial charge is 0.266 e. The molecule has 1 aromatic carbocycles. The van der Waals surface area contributed by atoms with E-state index in [-0.39, 0.29) is 5.57 Å². The fraction of sp³-hybridized carbons (Fsp3) is 0.143. The van der Waals surface area contributed by atoms with Crippen LogP contribution in [0.2, 0.25) is 0 Å². The molecule has 20 heavy (non-hydrogen) atoms. The second kappa shape index (κ2) is 6.08. The summed E-state index contributed by atoms with van der Waals surface area (Å²) in [6.45, 7) is 3.81. The first-order chi connectivity index (χ1) is 9.61. The second-order valence-electron chi connectivity index (χ2n) is 4.22. The lowest BCUT2D eigenvalue weighted by Gasteiger charge is -2.10. The fourth-order valence-electron chi connectivity index (χ4n) is 1.72. The molecular weight excluding hydrogens is 272 g/mol. The highest BCUT2D eigenvalue weighted by atomic mass is 32.1. The minimum Gasteiger partial charge on any atom is -0.321 e. The molecule has 0 saturated carbocycles. The molecule has 1 amide bonds. The molecule has 0 radical (unpaired) electrons. The Labute approximate surface area is 120 Å². The van der Waals surface area contributed by atoms with Crippen molar-refractivity contribution in [3.63, 3.8) is 0 Å². The van der Waals surface area contributed by atoms with Crippen LogP contribution < -0.4 is 5.32 Å². The van der Waals surface area contributed by atoms with Crippen molar-refractivity contribution in [3.05, 3.63) is 46.0 Å². The topological polar surface area (TPSA) is 78.7 Å². The Kier molecular flexibility index (Phi) is 4.23. The molecule has 0 unspecified atom stereocenters. The van der Waals surface area contributed by atoms with Crippen molar-refractivity contribution in [2.75, 3.05) is 5.32 Å². The number of nitriles is 1. The van der Waals surface area contributed by atoms with Gasteiger partial charge in [0.05, 0.1) is 5.69 Å². The van der Waals surface area contributed by atoms with E-state index >= 15 is 0 Å². The highest BCUT2D eigenvalue weighted by molar-refractivity contribution is 7.03. The van der Waals surface area contributed by atoms with Crippen molar-refractivity contribution >= 4 is 29.2 Å². The Morgan fingerprint density at radius 1 is 1.40 bits per heavy atom. The third-order valence-corrected chi connectivity index (χ3v) is 3.28. The van der Waals surface area contributed by atoms with Gasteiger partial charge in [-0.25, -0.2) is 0 Å². The highest BCUT2D eigenvalue weighted by Gasteiger charge is 2.12. The normalized spacial score (nSPS) is 10.9. The lowest BCUT2D eigenvalue weighted by Crippen LogP contribution is -2.15. The van der Waals surface area contributed by atoms with E-state index in [0.29, 0.717) is 5.69 Å². The van der Waals surface area contributed by atoms with Crippen LogP contribution in [0.25, 0.3) is 6.08 Å². The Balaban J connectivity index is 2.25. The number of carbonyl (C=O) groups is 1. The van der Waals surface area contributed by atoms with Crippen molar-refractivity contribution in [2.45, 2.75) is 13.8 Å². The standard InChI is InChI=1S/C14H12N4OS/c1-9-4-3-5-10(2)13(9)16-14(19)11(7-15)6-12-8-20-18-17-12/h3-6,8H,1-2H3,(H,16,19)/b11-6+. The van der Waals surface area contributed by atoms with Gasteiger partial charge >= 0.3 is 0 Å².